The molecule has 2 aromatic heterocycles. The summed E-state index contributed by atoms with van der Waals surface area (Å²) in [4.78, 5) is 16.8. The van der Waals surface area contributed by atoms with E-state index < -0.39 is 0 Å². The zero-order valence-corrected chi connectivity index (χ0v) is 11.8. The van der Waals surface area contributed by atoms with E-state index in [4.69, 9.17) is 4.74 Å². The number of carbonyl (C=O) groups excluding carboxylic acids is 1. The van der Waals surface area contributed by atoms with Crippen molar-refractivity contribution in [2.75, 3.05) is 6.61 Å². The van der Waals surface area contributed by atoms with Crippen molar-refractivity contribution >= 4 is 22.5 Å². The van der Waals surface area contributed by atoms with E-state index >= 15 is 0 Å². The fourth-order valence-corrected chi connectivity index (χ4v) is 2.66. The second-order valence-electron chi connectivity index (χ2n) is 4.81. The number of aryl methyl sites for hydroxylation is 2. The molecule has 0 atom stereocenters. The Hall–Kier alpha value is -2.36. The SMILES string of the molecule is CCOC(=O)c1c2ccccc2n2c(C)cc(C)nc12. The van der Waals surface area contributed by atoms with Gasteiger partial charge in [-0.25, -0.2) is 9.78 Å². The Balaban J connectivity index is 2.49. The lowest BCUT2D eigenvalue weighted by Crippen LogP contribution is -2.06. The van der Waals surface area contributed by atoms with Crippen molar-refractivity contribution in [1.29, 1.82) is 0 Å². The molecule has 0 amide bonds. The summed E-state index contributed by atoms with van der Waals surface area (Å²) in [6.45, 7) is 6.11. The molecule has 0 saturated heterocycles. The average molecular weight is 268 g/mol. The van der Waals surface area contributed by atoms with E-state index in [1.807, 2.05) is 55.5 Å². The Labute approximate surface area is 117 Å². The minimum absolute atomic E-state index is 0.316. The summed E-state index contributed by atoms with van der Waals surface area (Å²) in [5.74, 6) is -0.316. The maximum absolute atomic E-state index is 12.3. The molecule has 20 heavy (non-hydrogen) atoms. The van der Waals surface area contributed by atoms with Crippen LogP contribution in [0.1, 0.15) is 28.7 Å². The lowest BCUT2D eigenvalue weighted by molar-refractivity contribution is 0.0530. The van der Waals surface area contributed by atoms with Crippen LogP contribution in [0.2, 0.25) is 0 Å². The molecule has 0 bridgehead atoms. The number of hydrogen-bond donors (Lipinski definition) is 0. The van der Waals surface area contributed by atoms with Crippen molar-refractivity contribution < 1.29 is 9.53 Å². The molecule has 1 aromatic carbocycles. The normalized spacial score (nSPS) is 11.2. The van der Waals surface area contributed by atoms with Crippen molar-refractivity contribution in [3.05, 3.63) is 47.3 Å². The van der Waals surface area contributed by atoms with Gasteiger partial charge in [0.2, 0.25) is 0 Å². The van der Waals surface area contributed by atoms with Crippen LogP contribution in [0.4, 0.5) is 0 Å². The van der Waals surface area contributed by atoms with Crippen molar-refractivity contribution in [3.63, 3.8) is 0 Å². The van der Waals surface area contributed by atoms with Crippen LogP contribution in [0.3, 0.4) is 0 Å². The summed E-state index contributed by atoms with van der Waals surface area (Å²) in [6.07, 6.45) is 0. The maximum Gasteiger partial charge on any atom is 0.342 e. The summed E-state index contributed by atoms with van der Waals surface area (Å²) < 4.78 is 7.20. The third-order valence-corrected chi connectivity index (χ3v) is 3.38. The van der Waals surface area contributed by atoms with Crippen molar-refractivity contribution in [1.82, 2.24) is 9.38 Å². The molecule has 2 heterocycles. The molecule has 0 aliphatic carbocycles. The van der Waals surface area contributed by atoms with Crippen LogP contribution >= 0.6 is 0 Å². The van der Waals surface area contributed by atoms with E-state index in [2.05, 4.69) is 4.98 Å². The molecule has 0 aliphatic heterocycles. The van der Waals surface area contributed by atoms with Crippen LogP contribution in [0.5, 0.6) is 0 Å². The van der Waals surface area contributed by atoms with Crippen LogP contribution < -0.4 is 0 Å². The molecule has 0 radical (unpaired) electrons. The Bertz CT molecular complexity index is 818. The van der Waals surface area contributed by atoms with Crippen molar-refractivity contribution in [2.45, 2.75) is 20.8 Å². The fourth-order valence-electron chi connectivity index (χ4n) is 2.66. The topological polar surface area (TPSA) is 43.6 Å². The first kappa shape index (κ1) is 12.7. The molecule has 102 valence electrons. The van der Waals surface area contributed by atoms with E-state index in [0.717, 1.165) is 22.3 Å². The van der Waals surface area contributed by atoms with Gasteiger partial charge in [0.15, 0.2) is 5.65 Å². The molecule has 0 unspecified atom stereocenters. The molecule has 4 heteroatoms. The zero-order chi connectivity index (χ0) is 14.3. The second kappa shape index (κ2) is 4.63. The van der Waals surface area contributed by atoms with Crippen LogP contribution in [0.15, 0.2) is 30.3 Å². The molecule has 0 aliphatic rings. The van der Waals surface area contributed by atoms with Gasteiger partial charge in [-0.3, -0.25) is 4.40 Å². The number of carbonyl (C=O) groups is 1. The number of esters is 1. The molecule has 0 spiro atoms. The van der Waals surface area contributed by atoms with Crippen LogP contribution in [-0.2, 0) is 4.74 Å². The molecular weight excluding hydrogens is 252 g/mol. The lowest BCUT2D eigenvalue weighted by atomic mass is 10.2. The quantitative estimate of drug-likeness (QED) is 0.670. The summed E-state index contributed by atoms with van der Waals surface area (Å²) in [5.41, 5.74) is 4.15. The Morgan fingerprint density at radius 2 is 2.05 bits per heavy atom. The summed E-state index contributed by atoms with van der Waals surface area (Å²) in [7, 11) is 0. The second-order valence-corrected chi connectivity index (χ2v) is 4.81. The number of fused-ring (bicyclic) bond motifs is 3. The molecule has 0 fully saturated rings. The molecule has 0 saturated carbocycles. The Morgan fingerprint density at radius 1 is 1.30 bits per heavy atom. The number of nitrogens with zero attached hydrogens (tertiary/aromatic N) is 2. The van der Waals surface area contributed by atoms with Gasteiger partial charge in [0.05, 0.1) is 12.1 Å². The average Bonchev–Trinajstić information content (AvgIpc) is 2.72. The van der Waals surface area contributed by atoms with E-state index in [-0.39, 0.29) is 5.97 Å². The highest BCUT2D eigenvalue weighted by Gasteiger charge is 2.21. The first-order valence-corrected chi connectivity index (χ1v) is 6.68. The maximum atomic E-state index is 12.3. The number of aromatic nitrogens is 2. The van der Waals surface area contributed by atoms with Crippen molar-refractivity contribution in [3.8, 4) is 0 Å². The zero-order valence-electron chi connectivity index (χ0n) is 11.8. The monoisotopic (exact) mass is 268 g/mol. The first-order valence-electron chi connectivity index (χ1n) is 6.68. The van der Waals surface area contributed by atoms with Crippen LogP contribution in [0, 0.1) is 13.8 Å². The number of hydrogen-bond acceptors (Lipinski definition) is 3. The standard InChI is InChI=1S/C16H16N2O2/c1-4-20-16(19)14-12-7-5-6-8-13(12)18-11(3)9-10(2)17-15(14)18/h5-9H,4H2,1-3H3. The van der Waals surface area contributed by atoms with Crippen LogP contribution in [-0.4, -0.2) is 22.0 Å². The number of rotatable bonds is 2. The summed E-state index contributed by atoms with van der Waals surface area (Å²) >= 11 is 0. The highest BCUT2D eigenvalue weighted by molar-refractivity contribution is 6.10. The Morgan fingerprint density at radius 3 is 2.80 bits per heavy atom. The highest BCUT2D eigenvalue weighted by Crippen LogP contribution is 2.27. The lowest BCUT2D eigenvalue weighted by Gasteiger charge is -2.04. The molecule has 4 nitrogen and oxygen atoms in total. The van der Waals surface area contributed by atoms with E-state index in [9.17, 15) is 4.79 Å². The molecule has 0 N–H and O–H groups in total. The van der Waals surface area contributed by atoms with Gasteiger partial charge < -0.3 is 4.74 Å². The van der Waals surface area contributed by atoms with Gasteiger partial charge in [-0.05, 0) is 32.9 Å². The number of para-hydroxylation sites is 1. The molecule has 3 rings (SSSR count). The first-order chi connectivity index (χ1) is 9.63. The fraction of sp³-hybridized carbons (Fsp3) is 0.250. The summed E-state index contributed by atoms with van der Waals surface area (Å²) in [6, 6.07) is 9.82. The number of benzene rings is 1. The van der Waals surface area contributed by atoms with Gasteiger partial charge in [-0.1, -0.05) is 18.2 Å². The van der Waals surface area contributed by atoms with Crippen LogP contribution in [0.25, 0.3) is 16.6 Å². The van der Waals surface area contributed by atoms with E-state index in [0.29, 0.717) is 17.8 Å². The van der Waals surface area contributed by atoms with Crippen molar-refractivity contribution in [2.24, 2.45) is 0 Å². The third kappa shape index (κ3) is 1.76. The minimum atomic E-state index is -0.316. The van der Waals surface area contributed by atoms with Gasteiger partial charge >= 0.3 is 5.97 Å². The van der Waals surface area contributed by atoms with Gasteiger partial charge in [-0.2, -0.15) is 0 Å². The van der Waals surface area contributed by atoms with Gasteiger partial charge in [0, 0.05) is 16.8 Å². The van der Waals surface area contributed by atoms with E-state index in [1.54, 1.807) is 0 Å². The molecule has 3 aromatic rings. The number of ether oxygens (including phenoxy) is 1. The third-order valence-electron chi connectivity index (χ3n) is 3.38. The van der Waals surface area contributed by atoms with Gasteiger partial charge in [0.25, 0.3) is 0 Å². The largest absolute Gasteiger partial charge is 0.462 e. The minimum Gasteiger partial charge on any atom is -0.462 e. The molecular formula is C16H16N2O2. The predicted molar refractivity (Wildman–Crippen MR) is 78.1 cm³/mol. The smallest absolute Gasteiger partial charge is 0.342 e. The highest BCUT2D eigenvalue weighted by atomic mass is 16.5. The predicted octanol–water partition coefficient (Wildman–Crippen LogP) is 3.28. The van der Waals surface area contributed by atoms with E-state index in [1.165, 1.54) is 0 Å². The van der Waals surface area contributed by atoms with Gasteiger partial charge in [-0.15, -0.1) is 0 Å². The Kier molecular flexibility index (Phi) is 2.93. The van der Waals surface area contributed by atoms with Gasteiger partial charge in [0.1, 0.15) is 5.56 Å². The summed E-state index contributed by atoms with van der Waals surface area (Å²) in [5, 5.41) is 0.882.